The lowest BCUT2D eigenvalue weighted by molar-refractivity contribution is -0.154. The molecule has 3 rings (SSSR count). The lowest BCUT2D eigenvalue weighted by Gasteiger charge is -2.40. The Morgan fingerprint density at radius 2 is 1.52 bits per heavy atom. The highest BCUT2D eigenvalue weighted by Crippen LogP contribution is 2.26. The first-order chi connectivity index (χ1) is 21.0. The van der Waals surface area contributed by atoms with E-state index < -0.39 is 47.8 Å². The number of benzene rings is 3. The SMILES string of the molecule is CC(=O)[C@@](NC(=O)N(Cc1ccc(C=NN)cc1)OCc1ccccc1)(C(=O)O)N(C(=O)[C@@H](N)CC(=O)O)c1ccccc1. The summed E-state index contributed by atoms with van der Waals surface area (Å²) in [4.78, 5) is 71.2. The molecular formula is C30H32N6O8. The molecule has 3 amide bonds. The fraction of sp³-hybridized carbons (Fsp3) is 0.200. The van der Waals surface area contributed by atoms with Gasteiger partial charge in [0.1, 0.15) is 6.61 Å². The summed E-state index contributed by atoms with van der Waals surface area (Å²) in [5.41, 5.74) is 4.56. The van der Waals surface area contributed by atoms with Crippen LogP contribution >= 0.6 is 0 Å². The number of nitrogens with two attached hydrogens (primary N) is 2. The average molecular weight is 605 g/mol. The number of amides is 3. The number of aliphatic carboxylic acids is 2. The number of ketones is 1. The zero-order chi connectivity index (χ0) is 32.3. The number of urea groups is 1. The van der Waals surface area contributed by atoms with E-state index in [1.54, 1.807) is 60.7 Å². The first kappa shape index (κ1) is 32.9. The predicted octanol–water partition coefficient (Wildman–Crippen LogP) is 1.83. The van der Waals surface area contributed by atoms with E-state index in [2.05, 4.69) is 10.4 Å². The van der Waals surface area contributed by atoms with E-state index >= 15 is 0 Å². The Labute approximate surface area is 252 Å². The Balaban J connectivity index is 2.07. The number of hydroxylamine groups is 2. The summed E-state index contributed by atoms with van der Waals surface area (Å²) in [7, 11) is 0. The number of rotatable bonds is 14. The standard InChI is InChI=1S/C30H32N6O8/c1-20(37)30(28(41)42,36(24-10-6-3-7-11-24)27(40)25(31)16-26(38)39)34-29(43)35(44-19-23-8-4-2-5-9-23)18-22-14-12-21(13-15-22)17-33-32/h2-15,17,25H,16,18-19,31-32H2,1H3,(H,34,43)(H,38,39)(H,41,42)/t25-,30-/m0/s1. The van der Waals surface area contributed by atoms with Gasteiger partial charge < -0.3 is 21.8 Å². The van der Waals surface area contributed by atoms with Crippen LogP contribution in [0.3, 0.4) is 0 Å². The molecule has 0 radical (unpaired) electrons. The Morgan fingerprint density at radius 3 is 2.05 bits per heavy atom. The second-order valence-corrected chi connectivity index (χ2v) is 9.53. The van der Waals surface area contributed by atoms with Gasteiger partial charge in [0.05, 0.1) is 25.2 Å². The van der Waals surface area contributed by atoms with E-state index in [-0.39, 0.29) is 18.8 Å². The van der Waals surface area contributed by atoms with Gasteiger partial charge in [-0.25, -0.2) is 9.59 Å². The molecule has 0 heterocycles. The van der Waals surface area contributed by atoms with Crippen molar-refractivity contribution in [3.63, 3.8) is 0 Å². The van der Waals surface area contributed by atoms with Gasteiger partial charge in [-0.2, -0.15) is 10.2 Å². The van der Waals surface area contributed by atoms with Crippen LogP contribution < -0.4 is 21.8 Å². The summed E-state index contributed by atoms with van der Waals surface area (Å²) in [6.07, 6.45) is 0.541. The monoisotopic (exact) mass is 604 g/mol. The van der Waals surface area contributed by atoms with Gasteiger partial charge in [-0.15, -0.1) is 0 Å². The number of Topliss-reactive ketones (excluding diaryl/α,β-unsaturated/α-hetero) is 1. The van der Waals surface area contributed by atoms with Crippen LogP contribution in [0.15, 0.2) is 90.0 Å². The lowest BCUT2D eigenvalue weighted by atomic mass is 9.99. The van der Waals surface area contributed by atoms with Crippen LogP contribution in [-0.2, 0) is 37.2 Å². The Kier molecular flexibility index (Phi) is 11.2. The predicted molar refractivity (Wildman–Crippen MR) is 159 cm³/mol. The van der Waals surface area contributed by atoms with Crippen LogP contribution in [-0.4, -0.2) is 62.9 Å². The fourth-order valence-corrected chi connectivity index (χ4v) is 4.19. The maximum absolute atomic E-state index is 13.8. The molecular weight excluding hydrogens is 572 g/mol. The highest BCUT2D eigenvalue weighted by Gasteiger charge is 2.55. The van der Waals surface area contributed by atoms with Crippen molar-refractivity contribution in [1.82, 2.24) is 10.4 Å². The minimum atomic E-state index is -3.05. The molecule has 0 aliphatic heterocycles. The molecule has 7 N–H and O–H groups in total. The number of para-hydroxylation sites is 1. The third-order valence-electron chi connectivity index (χ3n) is 6.37. The molecule has 0 aliphatic rings. The minimum absolute atomic E-state index is 0.114. The summed E-state index contributed by atoms with van der Waals surface area (Å²) in [6, 6.07) is 19.6. The van der Waals surface area contributed by atoms with E-state index in [1.165, 1.54) is 30.5 Å². The maximum atomic E-state index is 13.8. The number of hydrogen-bond acceptors (Lipinski definition) is 9. The number of nitrogens with one attached hydrogen (secondary N) is 1. The first-order valence-electron chi connectivity index (χ1n) is 13.2. The second-order valence-electron chi connectivity index (χ2n) is 9.53. The minimum Gasteiger partial charge on any atom is -0.481 e. The van der Waals surface area contributed by atoms with Crippen molar-refractivity contribution in [3.05, 3.63) is 102 Å². The third-order valence-corrected chi connectivity index (χ3v) is 6.37. The van der Waals surface area contributed by atoms with Crippen LogP contribution in [0.5, 0.6) is 0 Å². The van der Waals surface area contributed by atoms with E-state index in [1.807, 2.05) is 0 Å². The van der Waals surface area contributed by atoms with Crippen molar-refractivity contribution in [1.29, 1.82) is 0 Å². The number of nitrogens with zero attached hydrogens (tertiary/aromatic N) is 3. The van der Waals surface area contributed by atoms with Gasteiger partial charge >= 0.3 is 18.0 Å². The van der Waals surface area contributed by atoms with Gasteiger partial charge in [0.15, 0.2) is 5.78 Å². The largest absolute Gasteiger partial charge is 0.481 e. The first-order valence-corrected chi connectivity index (χ1v) is 13.2. The zero-order valence-electron chi connectivity index (χ0n) is 23.7. The fourth-order valence-electron chi connectivity index (χ4n) is 4.19. The van der Waals surface area contributed by atoms with Crippen LogP contribution in [0.4, 0.5) is 10.5 Å². The quantitative estimate of drug-likeness (QED) is 0.0591. The Bertz CT molecular complexity index is 1480. The number of hydrazone groups is 1. The molecule has 0 spiro atoms. The summed E-state index contributed by atoms with van der Waals surface area (Å²) < 4.78 is 0. The van der Waals surface area contributed by atoms with Crippen LogP contribution in [0, 0.1) is 0 Å². The molecule has 14 nitrogen and oxygen atoms in total. The normalized spacial score (nSPS) is 13.0. The van der Waals surface area contributed by atoms with Crippen molar-refractivity contribution in [2.75, 3.05) is 4.90 Å². The number of hydrogen-bond donors (Lipinski definition) is 5. The molecule has 0 saturated carbocycles. The Morgan fingerprint density at radius 1 is 0.932 bits per heavy atom. The lowest BCUT2D eigenvalue weighted by Crippen LogP contribution is -2.74. The van der Waals surface area contributed by atoms with Crippen molar-refractivity contribution in [2.45, 2.75) is 38.2 Å². The Hall–Kier alpha value is -5.60. The molecule has 2 atom stereocenters. The number of carbonyl (C=O) groups excluding carboxylic acids is 3. The molecule has 3 aromatic rings. The molecule has 0 unspecified atom stereocenters. The summed E-state index contributed by atoms with van der Waals surface area (Å²) in [6.45, 7) is 0.536. The zero-order valence-corrected chi connectivity index (χ0v) is 23.7. The number of carboxylic acid groups (broad SMARTS) is 2. The summed E-state index contributed by atoms with van der Waals surface area (Å²) in [5, 5.41) is 26.2. The highest BCUT2D eigenvalue weighted by molar-refractivity contribution is 6.18. The van der Waals surface area contributed by atoms with E-state index in [0.717, 1.165) is 12.0 Å². The topological polar surface area (TPSA) is 218 Å². The van der Waals surface area contributed by atoms with Gasteiger partial charge in [0.2, 0.25) is 5.91 Å². The van der Waals surface area contributed by atoms with E-state index in [9.17, 15) is 34.2 Å². The van der Waals surface area contributed by atoms with Crippen molar-refractivity contribution >= 4 is 41.6 Å². The molecule has 0 saturated heterocycles. The smallest absolute Gasteiger partial charge is 0.359 e. The van der Waals surface area contributed by atoms with Crippen molar-refractivity contribution < 1.29 is 39.0 Å². The third kappa shape index (κ3) is 8.02. The van der Waals surface area contributed by atoms with E-state index in [0.29, 0.717) is 21.6 Å². The molecule has 14 heteroatoms. The molecule has 0 bridgehead atoms. The number of carboxylic acids is 2. The molecule has 0 aliphatic carbocycles. The van der Waals surface area contributed by atoms with Gasteiger partial charge in [-0.05, 0) is 35.7 Å². The average Bonchev–Trinajstić information content (AvgIpc) is 3.00. The maximum Gasteiger partial charge on any atom is 0.359 e. The molecule has 3 aromatic carbocycles. The highest BCUT2D eigenvalue weighted by atomic mass is 16.7. The van der Waals surface area contributed by atoms with Crippen LogP contribution in [0.25, 0.3) is 0 Å². The van der Waals surface area contributed by atoms with Crippen molar-refractivity contribution in [2.24, 2.45) is 16.7 Å². The second kappa shape index (κ2) is 15.0. The van der Waals surface area contributed by atoms with Gasteiger partial charge in [-0.3, -0.25) is 29.4 Å². The van der Waals surface area contributed by atoms with Gasteiger partial charge in [0, 0.05) is 5.69 Å². The molecule has 0 fully saturated rings. The van der Waals surface area contributed by atoms with Crippen molar-refractivity contribution in [3.8, 4) is 0 Å². The summed E-state index contributed by atoms with van der Waals surface area (Å²) in [5.74, 6) is -0.565. The van der Waals surface area contributed by atoms with E-state index in [4.69, 9.17) is 16.4 Å². The molecule has 0 aromatic heterocycles. The number of carbonyl (C=O) groups is 5. The molecule has 230 valence electrons. The van der Waals surface area contributed by atoms with Crippen LogP contribution in [0.1, 0.15) is 30.0 Å². The van der Waals surface area contributed by atoms with Gasteiger partial charge in [0.25, 0.3) is 5.66 Å². The number of anilines is 1. The molecule has 44 heavy (non-hydrogen) atoms. The van der Waals surface area contributed by atoms with Gasteiger partial charge in [-0.1, -0.05) is 72.8 Å². The summed E-state index contributed by atoms with van der Waals surface area (Å²) >= 11 is 0. The van der Waals surface area contributed by atoms with Crippen LogP contribution in [0.2, 0.25) is 0 Å².